The molecular formula is C20H16N4OS. The van der Waals surface area contributed by atoms with Crippen molar-refractivity contribution in [3.63, 3.8) is 0 Å². The van der Waals surface area contributed by atoms with Crippen LogP contribution in [0.5, 0.6) is 0 Å². The summed E-state index contributed by atoms with van der Waals surface area (Å²) in [5.41, 5.74) is 3.05. The fourth-order valence-electron chi connectivity index (χ4n) is 2.30. The molecule has 2 heterocycles. The number of hydrogen-bond acceptors (Lipinski definition) is 5. The van der Waals surface area contributed by atoms with Crippen LogP contribution < -0.4 is 5.32 Å². The highest BCUT2D eigenvalue weighted by molar-refractivity contribution is 7.99. The standard InChI is InChI=1S/C20H16N4OS/c21-14-16-6-7-18(15-4-2-1-3-5-15)24-20(16)26-13-10-19(25)23-17-8-11-22-12-9-17/h1-9,11-12H,10,13H2,(H,22,23,25). The maximum absolute atomic E-state index is 12.0. The zero-order valence-corrected chi connectivity index (χ0v) is 14.7. The van der Waals surface area contributed by atoms with Crippen LogP contribution in [0.4, 0.5) is 5.69 Å². The molecule has 0 saturated carbocycles. The van der Waals surface area contributed by atoms with Gasteiger partial charge in [-0.2, -0.15) is 5.26 Å². The van der Waals surface area contributed by atoms with E-state index in [1.54, 1.807) is 30.6 Å². The number of rotatable bonds is 6. The first-order valence-electron chi connectivity index (χ1n) is 8.05. The number of nitriles is 1. The van der Waals surface area contributed by atoms with Crippen LogP contribution in [0, 0.1) is 11.3 Å². The molecule has 0 bridgehead atoms. The van der Waals surface area contributed by atoms with Gasteiger partial charge in [-0.3, -0.25) is 9.78 Å². The summed E-state index contributed by atoms with van der Waals surface area (Å²) >= 11 is 1.41. The lowest BCUT2D eigenvalue weighted by Gasteiger charge is -2.07. The molecule has 1 N–H and O–H groups in total. The second kappa shape index (κ2) is 8.79. The van der Waals surface area contributed by atoms with E-state index in [-0.39, 0.29) is 5.91 Å². The highest BCUT2D eigenvalue weighted by Gasteiger charge is 2.09. The van der Waals surface area contributed by atoms with Crippen molar-refractivity contribution in [3.8, 4) is 17.3 Å². The molecule has 26 heavy (non-hydrogen) atoms. The molecule has 1 amide bonds. The van der Waals surface area contributed by atoms with Crippen LogP contribution in [0.15, 0.2) is 72.0 Å². The summed E-state index contributed by atoms with van der Waals surface area (Å²) in [4.78, 5) is 20.5. The highest BCUT2D eigenvalue weighted by Crippen LogP contribution is 2.25. The number of pyridine rings is 2. The van der Waals surface area contributed by atoms with Gasteiger partial charge < -0.3 is 5.32 Å². The van der Waals surface area contributed by atoms with E-state index in [0.717, 1.165) is 16.9 Å². The van der Waals surface area contributed by atoms with E-state index in [4.69, 9.17) is 0 Å². The average molecular weight is 360 g/mol. The Kier molecular flexibility index (Phi) is 5.96. The molecule has 128 valence electrons. The third-order valence-corrected chi connectivity index (χ3v) is 4.58. The molecule has 3 rings (SSSR count). The first kappa shape index (κ1) is 17.6. The Morgan fingerprint density at radius 2 is 1.85 bits per heavy atom. The topological polar surface area (TPSA) is 78.7 Å². The van der Waals surface area contributed by atoms with Crippen LogP contribution in [0.25, 0.3) is 11.3 Å². The number of nitrogens with zero attached hydrogens (tertiary/aromatic N) is 3. The highest BCUT2D eigenvalue weighted by atomic mass is 32.2. The largest absolute Gasteiger partial charge is 0.326 e. The number of nitrogens with one attached hydrogen (secondary N) is 1. The molecule has 1 aromatic carbocycles. The molecule has 0 radical (unpaired) electrons. The molecule has 3 aromatic rings. The second-order valence-electron chi connectivity index (χ2n) is 5.41. The maximum Gasteiger partial charge on any atom is 0.225 e. The predicted molar refractivity (Wildman–Crippen MR) is 103 cm³/mol. The SMILES string of the molecule is N#Cc1ccc(-c2ccccc2)nc1SCCC(=O)Nc1ccncc1. The molecule has 5 nitrogen and oxygen atoms in total. The number of benzene rings is 1. The van der Waals surface area contributed by atoms with Crippen molar-refractivity contribution in [2.75, 3.05) is 11.1 Å². The summed E-state index contributed by atoms with van der Waals surface area (Å²) in [6.07, 6.45) is 3.58. The quantitative estimate of drug-likeness (QED) is 0.669. The number of carbonyl (C=O) groups is 1. The molecule has 0 aliphatic rings. The molecule has 0 spiro atoms. The Bertz CT molecular complexity index is 924. The maximum atomic E-state index is 12.0. The normalized spacial score (nSPS) is 10.1. The molecule has 0 fully saturated rings. The smallest absolute Gasteiger partial charge is 0.225 e. The Labute approximate surface area is 156 Å². The first-order chi connectivity index (χ1) is 12.8. The molecule has 6 heteroatoms. The fourth-order valence-corrected chi connectivity index (χ4v) is 3.22. The number of hydrogen-bond donors (Lipinski definition) is 1. The predicted octanol–water partition coefficient (Wildman–Crippen LogP) is 4.14. The van der Waals surface area contributed by atoms with Gasteiger partial charge in [0.25, 0.3) is 0 Å². The number of aromatic nitrogens is 2. The summed E-state index contributed by atoms with van der Waals surface area (Å²) in [6.45, 7) is 0. The third-order valence-electron chi connectivity index (χ3n) is 3.58. The number of carbonyl (C=O) groups excluding carboxylic acids is 1. The minimum absolute atomic E-state index is 0.0820. The number of anilines is 1. The van der Waals surface area contributed by atoms with E-state index in [9.17, 15) is 10.1 Å². The van der Waals surface area contributed by atoms with Crippen molar-refractivity contribution in [1.29, 1.82) is 5.26 Å². The fraction of sp³-hybridized carbons (Fsp3) is 0.100. The van der Waals surface area contributed by atoms with Gasteiger partial charge in [0.1, 0.15) is 11.1 Å². The zero-order chi connectivity index (χ0) is 18.2. The Morgan fingerprint density at radius 1 is 1.08 bits per heavy atom. The van der Waals surface area contributed by atoms with Crippen molar-refractivity contribution in [3.05, 3.63) is 72.6 Å². The molecule has 2 aromatic heterocycles. The molecule has 0 atom stereocenters. The van der Waals surface area contributed by atoms with Crippen LogP contribution in [-0.2, 0) is 4.79 Å². The van der Waals surface area contributed by atoms with Gasteiger partial charge in [0.15, 0.2) is 0 Å². The lowest BCUT2D eigenvalue weighted by atomic mass is 10.1. The number of thioether (sulfide) groups is 1. The summed E-state index contributed by atoms with van der Waals surface area (Å²) in [6, 6.07) is 19.1. The van der Waals surface area contributed by atoms with Gasteiger partial charge in [-0.25, -0.2) is 4.98 Å². The van der Waals surface area contributed by atoms with Crippen molar-refractivity contribution in [2.24, 2.45) is 0 Å². The van der Waals surface area contributed by atoms with Crippen LogP contribution in [0.2, 0.25) is 0 Å². The average Bonchev–Trinajstić information content (AvgIpc) is 2.69. The van der Waals surface area contributed by atoms with Crippen LogP contribution in [0.3, 0.4) is 0 Å². The van der Waals surface area contributed by atoms with Gasteiger partial charge in [0.05, 0.1) is 11.3 Å². The van der Waals surface area contributed by atoms with E-state index in [1.165, 1.54) is 11.8 Å². The van der Waals surface area contributed by atoms with Gasteiger partial charge in [-0.05, 0) is 24.3 Å². The lowest BCUT2D eigenvalue weighted by Crippen LogP contribution is -2.12. The van der Waals surface area contributed by atoms with Crippen molar-refractivity contribution in [1.82, 2.24) is 9.97 Å². The van der Waals surface area contributed by atoms with E-state index < -0.39 is 0 Å². The Morgan fingerprint density at radius 3 is 2.58 bits per heavy atom. The summed E-state index contributed by atoms with van der Waals surface area (Å²) in [5.74, 6) is 0.457. The zero-order valence-electron chi connectivity index (χ0n) is 13.9. The van der Waals surface area contributed by atoms with E-state index >= 15 is 0 Å². The Balaban J connectivity index is 1.63. The van der Waals surface area contributed by atoms with Gasteiger partial charge in [-0.15, -0.1) is 11.8 Å². The van der Waals surface area contributed by atoms with Crippen molar-refractivity contribution < 1.29 is 4.79 Å². The van der Waals surface area contributed by atoms with Gasteiger partial charge in [0.2, 0.25) is 5.91 Å². The van der Waals surface area contributed by atoms with Gasteiger partial charge in [0, 0.05) is 35.8 Å². The lowest BCUT2D eigenvalue weighted by molar-refractivity contribution is -0.115. The van der Waals surface area contributed by atoms with E-state index in [0.29, 0.717) is 22.8 Å². The Hall–Kier alpha value is -3.17. The van der Waals surface area contributed by atoms with Gasteiger partial charge >= 0.3 is 0 Å². The summed E-state index contributed by atoms with van der Waals surface area (Å²) < 4.78 is 0. The van der Waals surface area contributed by atoms with Crippen LogP contribution >= 0.6 is 11.8 Å². The first-order valence-corrected chi connectivity index (χ1v) is 9.04. The molecular weight excluding hydrogens is 344 g/mol. The number of amides is 1. The van der Waals surface area contributed by atoms with Crippen molar-refractivity contribution >= 4 is 23.4 Å². The summed E-state index contributed by atoms with van der Waals surface area (Å²) in [5, 5.41) is 12.8. The van der Waals surface area contributed by atoms with E-state index in [2.05, 4.69) is 21.4 Å². The molecule has 0 aliphatic heterocycles. The van der Waals surface area contributed by atoms with Crippen molar-refractivity contribution in [2.45, 2.75) is 11.4 Å². The molecule has 0 aliphatic carbocycles. The van der Waals surface area contributed by atoms with Gasteiger partial charge in [-0.1, -0.05) is 30.3 Å². The second-order valence-corrected chi connectivity index (χ2v) is 6.49. The summed E-state index contributed by atoms with van der Waals surface area (Å²) in [7, 11) is 0. The van der Waals surface area contributed by atoms with E-state index in [1.807, 2.05) is 36.4 Å². The molecule has 0 saturated heterocycles. The van der Waals surface area contributed by atoms with Crippen LogP contribution in [0.1, 0.15) is 12.0 Å². The van der Waals surface area contributed by atoms with Crippen LogP contribution in [-0.4, -0.2) is 21.6 Å². The minimum atomic E-state index is -0.0820. The molecule has 0 unspecified atom stereocenters. The third kappa shape index (κ3) is 4.68. The monoisotopic (exact) mass is 360 g/mol. The minimum Gasteiger partial charge on any atom is -0.326 e.